The Bertz CT molecular complexity index is 594. The quantitative estimate of drug-likeness (QED) is 0.939. The molecule has 0 bridgehead atoms. The molecule has 1 saturated heterocycles. The first-order valence-electron chi connectivity index (χ1n) is 8.07. The fourth-order valence-corrected chi connectivity index (χ4v) is 3.35. The molecule has 0 aliphatic carbocycles. The summed E-state index contributed by atoms with van der Waals surface area (Å²) in [5, 5.41) is 0. The molecular weight excluding hydrogens is 260 g/mol. The summed E-state index contributed by atoms with van der Waals surface area (Å²) in [6.45, 7) is 7.58. The molecule has 0 amide bonds. The van der Waals surface area contributed by atoms with Gasteiger partial charge in [0.15, 0.2) is 0 Å². The zero-order valence-electron chi connectivity index (χ0n) is 13.1. The molecule has 0 spiro atoms. The molecule has 2 N–H and O–H groups in total. The van der Waals surface area contributed by atoms with Crippen LogP contribution in [-0.2, 0) is 13.0 Å². The van der Waals surface area contributed by atoms with Crippen molar-refractivity contribution < 1.29 is 0 Å². The zero-order valence-corrected chi connectivity index (χ0v) is 13.1. The summed E-state index contributed by atoms with van der Waals surface area (Å²) in [5.41, 5.74) is 9.15. The molecule has 0 radical (unpaired) electrons. The minimum Gasteiger partial charge on any atom is -0.325 e. The molecule has 2 aromatic heterocycles. The van der Waals surface area contributed by atoms with Gasteiger partial charge in [-0.2, -0.15) is 0 Å². The molecule has 0 saturated carbocycles. The summed E-state index contributed by atoms with van der Waals surface area (Å²) in [6, 6.07) is 6.84. The monoisotopic (exact) mass is 286 g/mol. The lowest BCUT2D eigenvalue weighted by molar-refractivity contribution is 0.149. The number of rotatable bonds is 4. The third-order valence-electron chi connectivity index (χ3n) is 4.71. The van der Waals surface area contributed by atoms with E-state index in [1.807, 2.05) is 6.07 Å². The Morgan fingerprint density at radius 1 is 1.29 bits per heavy atom. The van der Waals surface area contributed by atoms with Crippen LogP contribution in [0.15, 0.2) is 24.4 Å². The molecule has 4 heteroatoms. The first kappa shape index (κ1) is 14.5. The molecule has 1 fully saturated rings. The standard InChI is InChI=1S/C17H26N4/c1-13(2)20-8-6-14(7-9-20)10-15-12-21-16(11-18)4-3-5-17(21)19-15/h3-5,12-14H,6-11,18H2,1-2H3. The third-order valence-corrected chi connectivity index (χ3v) is 4.71. The molecular formula is C17H26N4. The van der Waals surface area contributed by atoms with E-state index in [2.05, 4.69) is 41.5 Å². The van der Waals surface area contributed by atoms with Crippen LogP contribution in [0.25, 0.3) is 5.65 Å². The Balaban J connectivity index is 1.69. The molecule has 0 atom stereocenters. The van der Waals surface area contributed by atoms with Crippen LogP contribution in [0.4, 0.5) is 0 Å². The van der Waals surface area contributed by atoms with Crippen LogP contribution < -0.4 is 5.73 Å². The predicted molar refractivity (Wildman–Crippen MR) is 86.2 cm³/mol. The van der Waals surface area contributed by atoms with Gasteiger partial charge in [-0.3, -0.25) is 0 Å². The van der Waals surface area contributed by atoms with Gasteiger partial charge < -0.3 is 15.0 Å². The number of imidazole rings is 1. The van der Waals surface area contributed by atoms with E-state index in [0.29, 0.717) is 12.6 Å². The molecule has 114 valence electrons. The second-order valence-corrected chi connectivity index (χ2v) is 6.46. The Morgan fingerprint density at radius 2 is 2.05 bits per heavy atom. The number of fused-ring (bicyclic) bond motifs is 1. The van der Waals surface area contributed by atoms with Gasteiger partial charge in [-0.05, 0) is 64.3 Å². The van der Waals surface area contributed by atoms with E-state index in [1.165, 1.54) is 31.6 Å². The normalized spacial score (nSPS) is 17.9. The summed E-state index contributed by atoms with van der Waals surface area (Å²) in [5.74, 6) is 0.770. The van der Waals surface area contributed by atoms with E-state index >= 15 is 0 Å². The summed E-state index contributed by atoms with van der Waals surface area (Å²) in [6.07, 6.45) is 5.84. The van der Waals surface area contributed by atoms with E-state index in [1.54, 1.807) is 0 Å². The number of hydrogen-bond donors (Lipinski definition) is 1. The Morgan fingerprint density at radius 3 is 2.71 bits per heavy atom. The Hall–Kier alpha value is -1.39. The lowest BCUT2D eigenvalue weighted by atomic mass is 9.92. The van der Waals surface area contributed by atoms with Crippen molar-refractivity contribution in [3.05, 3.63) is 35.8 Å². The number of nitrogens with zero attached hydrogens (tertiary/aromatic N) is 3. The smallest absolute Gasteiger partial charge is 0.137 e. The summed E-state index contributed by atoms with van der Waals surface area (Å²) in [4.78, 5) is 7.34. The van der Waals surface area contributed by atoms with Gasteiger partial charge in [0.1, 0.15) is 5.65 Å². The maximum Gasteiger partial charge on any atom is 0.137 e. The van der Waals surface area contributed by atoms with E-state index < -0.39 is 0 Å². The largest absolute Gasteiger partial charge is 0.325 e. The number of hydrogen-bond acceptors (Lipinski definition) is 3. The van der Waals surface area contributed by atoms with Crippen LogP contribution in [0.1, 0.15) is 38.1 Å². The third kappa shape index (κ3) is 3.11. The van der Waals surface area contributed by atoms with Gasteiger partial charge in [-0.1, -0.05) is 6.07 Å². The highest BCUT2D eigenvalue weighted by atomic mass is 15.1. The van der Waals surface area contributed by atoms with Crippen LogP contribution in [-0.4, -0.2) is 33.4 Å². The average molecular weight is 286 g/mol. The van der Waals surface area contributed by atoms with Crippen LogP contribution in [0.5, 0.6) is 0 Å². The van der Waals surface area contributed by atoms with Crippen LogP contribution in [0, 0.1) is 5.92 Å². The molecule has 2 aromatic rings. The predicted octanol–water partition coefficient (Wildman–Crippen LogP) is 2.46. The van der Waals surface area contributed by atoms with E-state index in [4.69, 9.17) is 10.7 Å². The minimum absolute atomic E-state index is 0.555. The Kier molecular flexibility index (Phi) is 4.27. The van der Waals surface area contributed by atoms with Gasteiger partial charge in [0.05, 0.1) is 5.69 Å². The maximum atomic E-state index is 5.80. The minimum atomic E-state index is 0.555. The van der Waals surface area contributed by atoms with Crippen molar-refractivity contribution in [2.75, 3.05) is 13.1 Å². The van der Waals surface area contributed by atoms with E-state index in [0.717, 1.165) is 23.7 Å². The van der Waals surface area contributed by atoms with Crippen LogP contribution in [0.2, 0.25) is 0 Å². The maximum absolute atomic E-state index is 5.80. The Labute approximate surface area is 127 Å². The van der Waals surface area contributed by atoms with Crippen LogP contribution in [0.3, 0.4) is 0 Å². The number of likely N-dealkylation sites (tertiary alicyclic amines) is 1. The molecule has 0 unspecified atom stereocenters. The highest BCUT2D eigenvalue weighted by Gasteiger charge is 2.21. The first-order valence-corrected chi connectivity index (χ1v) is 8.07. The molecule has 3 heterocycles. The summed E-state index contributed by atoms with van der Waals surface area (Å²) >= 11 is 0. The molecule has 1 aliphatic rings. The number of pyridine rings is 1. The average Bonchev–Trinajstić information content (AvgIpc) is 2.90. The van der Waals surface area contributed by atoms with Gasteiger partial charge in [-0.15, -0.1) is 0 Å². The lowest BCUT2D eigenvalue weighted by Gasteiger charge is -2.34. The van der Waals surface area contributed by atoms with Crippen molar-refractivity contribution in [2.45, 2.75) is 45.7 Å². The van der Waals surface area contributed by atoms with Crippen molar-refractivity contribution in [1.82, 2.24) is 14.3 Å². The summed E-state index contributed by atoms with van der Waals surface area (Å²) < 4.78 is 2.14. The van der Waals surface area contributed by atoms with Gasteiger partial charge in [-0.25, -0.2) is 4.98 Å². The number of aromatic nitrogens is 2. The van der Waals surface area contributed by atoms with E-state index in [-0.39, 0.29) is 0 Å². The molecule has 0 aromatic carbocycles. The topological polar surface area (TPSA) is 46.6 Å². The highest BCUT2D eigenvalue weighted by Crippen LogP contribution is 2.23. The van der Waals surface area contributed by atoms with Gasteiger partial charge in [0.2, 0.25) is 0 Å². The van der Waals surface area contributed by atoms with Gasteiger partial charge in [0.25, 0.3) is 0 Å². The number of piperidine rings is 1. The number of nitrogens with two attached hydrogens (primary N) is 1. The fourth-order valence-electron chi connectivity index (χ4n) is 3.35. The van der Waals surface area contributed by atoms with Crippen molar-refractivity contribution in [3.63, 3.8) is 0 Å². The fraction of sp³-hybridized carbons (Fsp3) is 0.588. The van der Waals surface area contributed by atoms with E-state index in [9.17, 15) is 0 Å². The second kappa shape index (κ2) is 6.16. The van der Waals surface area contributed by atoms with Crippen molar-refractivity contribution >= 4 is 5.65 Å². The molecule has 3 rings (SSSR count). The van der Waals surface area contributed by atoms with Crippen molar-refractivity contribution in [1.29, 1.82) is 0 Å². The second-order valence-electron chi connectivity index (χ2n) is 6.46. The lowest BCUT2D eigenvalue weighted by Crippen LogP contribution is -2.38. The SMILES string of the molecule is CC(C)N1CCC(Cc2cn3c(CN)cccc3n2)CC1. The van der Waals surface area contributed by atoms with Crippen molar-refractivity contribution in [3.8, 4) is 0 Å². The van der Waals surface area contributed by atoms with Crippen molar-refractivity contribution in [2.24, 2.45) is 11.7 Å². The summed E-state index contributed by atoms with van der Waals surface area (Å²) in [7, 11) is 0. The van der Waals surface area contributed by atoms with Gasteiger partial charge >= 0.3 is 0 Å². The van der Waals surface area contributed by atoms with Gasteiger partial charge in [0, 0.05) is 24.5 Å². The molecule has 1 aliphatic heterocycles. The molecule has 21 heavy (non-hydrogen) atoms. The first-order chi connectivity index (χ1) is 10.2. The zero-order chi connectivity index (χ0) is 14.8. The molecule has 4 nitrogen and oxygen atoms in total. The van der Waals surface area contributed by atoms with Crippen LogP contribution >= 0.6 is 0 Å². The highest BCUT2D eigenvalue weighted by molar-refractivity contribution is 5.41.